The largest absolute Gasteiger partial charge is 0.493 e. The van der Waals surface area contributed by atoms with Crippen molar-refractivity contribution in [3.63, 3.8) is 0 Å². The second kappa shape index (κ2) is 13.8. The number of ether oxygens (including phenoxy) is 2. The Kier molecular flexibility index (Phi) is 9.62. The standard InChI is InChI=1S/C33H40N8O4/c1-39(2)17-16-26-24(36-33(42)43)15-18-41(26)31-20-25(21-11-12-27(44-5)28(19-21)45-6)35-29(37-31)13-14-30-34-23-10-8-7-9-22(23)32(38-30)40(3)4/h7-14,19-20,24,26,36H,15-18H2,1-6H3,(H,42,43). The highest BCUT2D eigenvalue weighted by Crippen LogP contribution is 2.34. The Morgan fingerprint density at radius 2 is 1.71 bits per heavy atom. The molecule has 0 radical (unpaired) electrons. The first-order valence-corrected chi connectivity index (χ1v) is 14.8. The van der Waals surface area contributed by atoms with Gasteiger partial charge < -0.3 is 34.6 Å². The Bertz CT molecular complexity index is 1690. The topological polar surface area (TPSA) is 129 Å². The number of para-hydroxylation sites is 1. The van der Waals surface area contributed by atoms with Crippen LogP contribution in [0.25, 0.3) is 34.3 Å². The molecule has 4 aromatic rings. The Labute approximate surface area is 263 Å². The second-order valence-corrected chi connectivity index (χ2v) is 11.4. The van der Waals surface area contributed by atoms with Crippen LogP contribution in [0.1, 0.15) is 24.5 Å². The van der Waals surface area contributed by atoms with Crippen LogP contribution >= 0.6 is 0 Å². The lowest BCUT2D eigenvalue weighted by atomic mass is 10.1. The first-order valence-electron chi connectivity index (χ1n) is 14.8. The van der Waals surface area contributed by atoms with Crippen molar-refractivity contribution >= 4 is 40.8 Å². The fourth-order valence-electron chi connectivity index (χ4n) is 5.67. The third kappa shape index (κ3) is 7.23. The molecule has 45 heavy (non-hydrogen) atoms. The molecular weight excluding hydrogens is 572 g/mol. The smallest absolute Gasteiger partial charge is 0.404 e. The quantitative estimate of drug-likeness (QED) is 0.248. The number of rotatable bonds is 11. The van der Waals surface area contributed by atoms with Gasteiger partial charge in [-0.2, -0.15) is 0 Å². The fourth-order valence-corrected chi connectivity index (χ4v) is 5.67. The van der Waals surface area contributed by atoms with Gasteiger partial charge in [0.1, 0.15) is 11.6 Å². The summed E-state index contributed by atoms with van der Waals surface area (Å²) in [5.41, 5.74) is 2.36. The number of fused-ring (bicyclic) bond motifs is 1. The van der Waals surface area contributed by atoms with E-state index >= 15 is 0 Å². The van der Waals surface area contributed by atoms with Crippen LogP contribution in [0.5, 0.6) is 11.5 Å². The van der Waals surface area contributed by atoms with Crippen LogP contribution in [0.2, 0.25) is 0 Å². The minimum Gasteiger partial charge on any atom is -0.493 e. The molecule has 1 aliphatic rings. The number of carbonyl (C=O) groups is 1. The van der Waals surface area contributed by atoms with Crippen molar-refractivity contribution in [3.8, 4) is 22.8 Å². The summed E-state index contributed by atoms with van der Waals surface area (Å²) >= 11 is 0. The van der Waals surface area contributed by atoms with Gasteiger partial charge in [-0.15, -0.1) is 0 Å². The molecule has 2 aromatic carbocycles. The zero-order chi connectivity index (χ0) is 32.1. The van der Waals surface area contributed by atoms with Gasteiger partial charge in [0.15, 0.2) is 23.1 Å². The number of nitrogens with zero attached hydrogens (tertiary/aromatic N) is 7. The van der Waals surface area contributed by atoms with Crippen LogP contribution in [0.4, 0.5) is 16.4 Å². The summed E-state index contributed by atoms with van der Waals surface area (Å²) in [6.45, 7) is 1.45. The molecule has 0 bridgehead atoms. The summed E-state index contributed by atoms with van der Waals surface area (Å²) in [4.78, 5) is 37.3. The fraction of sp³-hybridized carbons (Fsp3) is 0.364. The highest BCUT2D eigenvalue weighted by Gasteiger charge is 2.36. The Hall–Kier alpha value is -4.97. The third-order valence-electron chi connectivity index (χ3n) is 7.84. The summed E-state index contributed by atoms with van der Waals surface area (Å²) in [5, 5.41) is 13.2. The Morgan fingerprint density at radius 1 is 0.978 bits per heavy atom. The van der Waals surface area contributed by atoms with Gasteiger partial charge in [-0.1, -0.05) is 12.1 Å². The van der Waals surface area contributed by atoms with Gasteiger partial charge in [0.2, 0.25) is 0 Å². The molecule has 12 heteroatoms. The van der Waals surface area contributed by atoms with Crippen LogP contribution in [0, 0.1) is 0 Å². The van der Waals surface area contributed by atoms with Crippen LogP contribution in [-0.4, -0.2) is 104 Å². The van der Waals surface area contributed by atoms with Gasteiger partial charge in [-0.05, 0) is 76.0 Å². The normalized spacial score (nSPS) is 16.5. The molecule has 2 atom stereocenters. The highest BCUT2D eigenvalue weighted by atomic mass is 16.5. The average Bonchev–Trinajstić information content (AvgIpc) is 3.43. The molecule has 0 spiro atoms. The van der Waals surface area contributed by atoms with Crippen molar-refractivity contribution in [2.45, 2.75) is 24.9 Å². The predicted octanol–water partition coefficient (Wildman–Crippen LogP) is 4.51. The maximum Gasteiger partial charge on any atom is 0.404 e. The molecule has 0 saturated carbocycles. The van der Waals surface area contributed by atoms with Crippen molar-refractivity contribution < 1.29 is 19.4 Å². The second-order valence-electron chi connectivity index (χ2n) is 11.4. The molecule has 2 unspecified atom stereocenters. The van der Waals surface area contributed by atoms with E-state index in [2.05, 4.69) is 15.1 Å². The number of benzene rings is 2. The Balaban J connectivity index is 1.59. The lowest BCUT2D eigenvalue weighted by molar-refractivity contribution is 0.188. The van der Waals surface area contributed by atoms with E-state index in [0.29, 0.717) is 47.6 Å². The minimum absolute atomic E-state index is 0.0834. The predicted molar refractivity (Wildman–Crippen MR) is 177 cm³/mol. The molecule has 5 rings (SSSR count). The van der Waals surface area contributed by atoms with E-state index in [4.69, 9.17) is 29.4 Å². The van der Waals surface area contributed by atoms with Crippen LogP contribution in [0.3, 0.4) is 0 Å². The van der Waals surface area contributed by atoms with Crippen molar-refractivity contribution in [1.82, 2.24) is 30.2 Å². The monoisotopic (exact) mass is 612 g/mol. The summed E-state index contributed by atoms with van der Waals surface area (Å²) in [6.07, 6.45) is 4.04. The zero-order valence-corrected chi connectivity index (χ0v) is 26.6. The molecule has 0 aliphatic carbocycles. The first-order chi connectivity index (χ1) is 21.7. The summed E-state index contributed by atoms with van der Waals surface area (Å²) < 4.78 is 11.0. The number of carboxylic acid groups (broad SMARTS) is 1. The number of anilines is 2. The molecule has 2 N–H and O–H groups in total. The number of hydrogen-bond donors (Lipinski definition) is 2. The van der Waals surface area contributed by atoms with Crippen molar-refractivity contribution in [2.75, 3.05) is 65.3 Å². The molecule has 12 nitrogen and oxygen atoms in total. The number of methoxy groups -OCH3 is 2. The van der Waals surface area contributed by atoms with E-state index in [9.17, 15) is 9.90 Å². The number of hydrogen-bond acceptors (Lipinski definition) is 10. The maximum absolute atomic E-state index is 11.6. The zero-order valence-electron chi connectivity index (χ0n) is 26.6. The third-order valence-corrected chi connectivity index (χ3v) is 7.84. The molecule has 1 aliphatic heterocycles. The lowest BCUT2D eigenvalue weighted by Crippen LogP contribution is -2.46. The van der Waals surface area contributed by atoms with Crippen molar-refractivity contribution in [2.24, 2.45) is 0 Å². The van der Waals surface area contributed by atoms with Gasteiger partial charge in [-0.25, -0.2) is 24.7 Å². The van der Waals surface area contributed by atoms with Gasteiger partial charge in [0.05, 0.1) is 37.5 Å². The van der Waals surface area contributed by atoms with E-state index in [1.165, 1.54) is 0 Å². The van der Waals surface area contributed by atoms with E-state index in [-0.39, 0.29) is 12.1 Å². The van der Waals surface area contributed by atoms with Crippen LogP contribution in [-0.2, 0) is 0 Å². The minimum atomic E-state index is -1.03. The highest BCUT2D eigenvalue weighted by molar-refractivity contribution is 5.90. The summed E-state index contributed by atoms with van der Waals surface area (Å²) in [7, 11) is 11.1. The van der Waals surface area contributed by atoms with Gasteiger partial charge in [-0.3, -0.25) is 0 Å². The maximum atomic E-state index is 11.6. The molecule has 236 valence electrons. The SMILES string of the molecule is COc1ccc(-c2cc(N3CCC(NC(=O)O)C3CCN(C)C)nc(C=Cc3nc(N(C)C)c4ccccc4n3)n2)cc1OC. The number of nitrogens with one attached hydrogen (secondary N) is 1. The van der Waals surface area contributed by atoms with Gasteiger partial charge in [0, 0.05) is 37.7 Å². The van der Waals surface area contributed by atoms with E-state index in [0.717, 1.165) is 35.2 Å². The van der Waals surface area contributed by atoms with E-state index in [1.807, 2.05) is 93.8 Å². The number of amides is 1. The van der Waals surface area contributed by atoms with E-state index < -0.39 is 6.09 Å². The molecule has 3 heterocycles. The van der Waals surface area contributed by atoms with Gasteiger partial charge >= 0.3 is 6.09 Å². The molecule has 1 amide bonds. The number of aromatic nitrogens is 4. The molecule has 1 saturated heterocycles. The summed E-state index contributed by atoms with van der Waals surface area (Å²) in [5.74, 6) is 3.74. The van der Waals surface area contributed by atoms with Crippen LogP contribution < -0.4 is 24.6 Å². The van der Waals surface area contributed by atoms with E-state index in [1.54, 1.807) is 14.2 Å². The Morgan fingerprint density at radius 3 is 2.40 bits per heavy atom. The average molecular weight is 613 g/mol. The molecular formula is C33H40N8O4. The molecule has 1 fully saturated rings. The molecule has 2 aromatic heterocycles. The van der Waals surface area contributed by atoms with Gasteiger partial charge in [0.25, 0.3) is 0 Å². The van der Waals surface area contributed by atoms with Crippen molar-refractivity contribution in [3.05, 3.63) is 60.2 Å². The van der Waals surface area contributed by atoms with Crippen molar-refractivity contribution in [1.29, 1.82) is 0 Å². The van der Waals surface area contributed by atoms with Crippen LogP contribution in [0.15, 0.2) is 48.5 Å². The first kappa shape index (κ1) is 31.5. The summed E-state index contributed by atoms with van der Waals surface area (Å²) in [6, 6.07) is 15.2. The lowest BCUT2D eigenvalue weighted by Gasteiger charge is -2.30.